The Kier molecular flexibility index (Phi) is 26.8. The number of halogens is 1. The van der Waals surface area contributed by atoms with Crippen LogP contribution >= 0.6 is 0 Å². The number of amides is 1. The van der Waals surface area contributed by atoms with Gasteiger partial charge in [-0.25, -0.2) is 4.79 Å². The Hall–Kier alpha value is 0.0169. The molecule has 0 aliphatic rings. The molecule has 0 fully saturated rings. The molecular weight excluding hydrogens is 490 g/mol. The first kappa shape index (κ1) is 38.2. The summed E-state index contributed by atoms with van der Waals surface area (Å²) in [5, 5.41) is 0. The molecule has 1 amide bonds. The van der Waals surface area contributed by atoms with Gasteiger partial charge in [0.05, 0.1) is 27.1 Å². The van der Waals surface area contributed by atoms with E-state index in [1.807, 2.05) is 34.9 Å². The zero-order valence-electron chi connectivity index (χ0n) is 25.0. The van der Waals surface area contributed by atoms with Crippen LogP contribution in [0.15, 0.2) is 0 Å². The van der Waals surface area contributed by atoms with Gasteiger partial charge in [-0.15, -0.1) is 0 Å². The quantitative estimate of drug-likeness (QED) is 0.0832. The summed E-state index contributed by atoms with van der Waals surface area (Å²) in [6, 6.07) is 0.571. The van der Waals surface area contributed by atoms with Crippen molar-refractivity contribution in [3.63, 3.8) is 0 Å². The highest BCUT2D eigenvalue weighted by molar-refractivity contribution is 6.60. The fourth-order valence-electron chi connectivity index (χ4n) is 4.74. The van der Waals surface area contributed by atoms with Crippen LogP contribution < -0.4 is 12.4 Å². The van der Waals surface area contributed by atoms with Crippen LogP contribution in [0.2, 0.25) is 6.04 Å². The minimum atomic E-state index is -2.74. The van der Waals surface area contributed by atoms with Crippen LogP contribution in [0.3, 0.4) is 0 Å². The average Bonchev–Trinajstić information content (AvgIpc) is 2.82. The maximum absolute atomic E-state index is 12.9. The number of hydrogen-bond donors (Lipinski definition) is 0. The molecule has 218 valence electrons. The van der Waals surface area contributed by atoms with Gasteiger partial charge < -0.3 is 25.7 Å². The van der Waals surface area contributed by atoms with Crippen molar-refractivity contribution in [1.82, 2.24) is 0 Å². The molecule has 0 unspecified atom stereocenters. The molecule has 36 heavy (non-hydrogen) atoms. The van der Waals surface area contributed by atoms with Crippen LogP contribution in [0.25, 0.3) is 0 Å². The molecule has 0 spiro atoms. The summed E-state index contributed by atoms with van der Waals surface area (Å²) in [6.45, 7) is 10.7. The molecule has 0 aromatic carbocycles. The maximum Gasteiger partial charge on any atom is 0.501 e. The van der Waals surface area contributed by atoms with Crippen molar-refractivity contribution in [3.05, 3.63) is 0 Å². The molecule has 5 nitrogen and oxygen atoms in total. The van der Waals surface area contributed by atoms with Crippen molar-refractivity contribution in [2.75, 3.05) is 40.5 Å². The highest BCUT2D eigenvalue weighted by Gasteiger charge is 2.42. The van der Waals surface area contributed by atoms with Crippen LogP contribution in [0, 0.1) is 0 Å². The van der Waals surface area contributed by atoms with Crippen molar-refractivity contribution in [1.29, 1.82) is 0 Å². The molecule has 0 radical (unpaired) electrons. The highest BCUT2D eigenvalue weighted by Crippen LogP contribution is 2.21. The van der Waals surface area contributed by atoms with E-state index in [-0.39, 0.29) is 18.3 Å². The maximum atomic E-state index is 12.9. The molecule has 0 saturated carbocycles. The minimum absolute atomic E-state index is 0. The number of nitrogens with zero attached hydrogens (tertiary/aromatic N) is 1. The summed E-state index contributed by atoms with van der Waals surface area (Å²) in [7, 11) is 1.34. The molecule has 0 saturated heterocycles. The van der Waals surface area contributed by atoms with Gasteiger partial charge in [0.25, 0.3) is 0 Å². The van der Waals surface area contributed by atoms with Gasteiger partial charge >= 0.3 is 14.7 Å². The first-order valence-corrected chi connectivity index (χ1v) is 17.1. The number of unbranched alkanes of at least 4 members (excludes halogenated alkanes) is 15. The Morgan fingerprint density at radius 3 is 1.25 bits per heavy atom. The number of carbonyl (C=O) groups is 1. The highest BCUT2D eigenvalue weighted by atomic mass is 35.5. The van der Waals surface area contributed by atoms with Crippen LogP contribution in [0.1, 0.15) is 137 Å². The van der Waals surface area contributed by atoms with E-state index in [1.165, 1.54) is 96.3 Å². The third-order valence-electron chi connectivity index (χ3n) is 6.98. The van der Waals surface area contributed by atoms with E-state index in [9.17, 15) is 4.79 Å². The lowest BCUT2D eigenvalue weighted by atomic mass is 10.0. The second kappa shape index (κ2) is 25.3. The van der Waals surface area contributed by atoms with Crippen LogP contribution in [-0.2, 0) is 18.1 Å². The number of hydrogen-bond acceptors (Lipinski definition) is 4. The Labute approximate surface area is 232 Å². The smallest absolute Gasteiger partial charge is 0.501 e. The lowest BCUT2D eigenvalue weighted by Crippen LogP contribution is -3.00. The Morgan fingerprint density at radius 2 is 0.917 bits per heavy atom. The van der Waals surface area contributed by atoms with E-state index in [0.29, 0.717) is 36.8 Å². The van der Waals surface area contributed by atoms with Crippen molar-refractivity contribution >= 4 is 14.7 Å². The Morgan fingerprint density at radius 1 is 0.583 bits per heavy atom. The van der Waals surface area contributed by atoms with Gasteiger partial charge in [0.15, 0.2) is 0 Å². The van der Waals surface area contributed by atoms with Crippen molar-refractivity contribution < 1.29 is 35.0 Å². The van der Waals surface area contributed by atoms with E-state index in [4.69, 9.17) is 13.3 Å². The summed E-state index contributed by atoms with van der Waals surface area (Å²) in [5.41, 5.74) is 0. The van der Waals surface area contributed by atoms with Gasteiger partial charge in [-0.3, -0.25) is 4.48 Å². The third kappa shape index (κ3) is 20.0. The van der Waals surface area contributed by atoms with Crippen LogP contribution in [0.5, 0.6) is 0 Å². The molecule has 7 heteroatoms. The van der Waals surface area contributed by atoms with Gasteiger partial charge in [0.1, 0.15) is 0 Å². The standard InChI is InChI=1S/C29H62NO4Si.ClH/c1-7-11-12-13-14-15-16-17-18-19-20-21-22-23-24-25-27-30(5,6)29(31)26-28-35(32-8-2,33-9-3)34-10-4;/h7-28H2,1-6H3;1H/q+1;/p-1. The van der Waals surface area contributed by atoms with Gasteiger partial charge in [-0.1, -0.05) is 96.8 Å². The predicted molar refractivity (Wildman–Crippen MR) is 152 cm³/mol. The molecule has 0 aliphatic heterocycles. The predicted octanol–water partition coefficient (Wildman–Crippen LogP) is 5.29. The molecule has 0 atom stereocenters. The first-order valence-electron chi connectivity index (χ1n) is 15.2. The molecule has 0 N–H and O–H groups in total. The number of carbonyl (C=O) groups excluding carboxylic acids is 1. The molecule has 0 rings (SSSR count). The fourth-order valence-corrected chi connectivity index (χ4v) is 7.27. The molecule has 0 bridgehead atoms. The van der Waals surface area contributed by atoms with Gasteiger partial charge in [-0.2, -0.15) is 0 Å². The average molecular weight is 552 g/mol. The summed E-state index contributed by atoms with van der Waals surface area (Å²) < 4.78 is 18.1. The first-order chi connectivity index (χ1) is 16.9. The number of quaternary nitrogens is 1. The van der Waals surface area contributed by atoms with E-state index < -0.39 is 8.80 Å². The Balaban J connectivity index is 0. The van der Waals surface area contributed by atoms with E-state index in [1.54, 1.807) is 0 Å². The molecule has 0 aromatic rings. The van der Waals surface area contributed by atoms with Gasteiger partial charge in [0.2, 0.25) is 0 Å². The molecule has 0 aliphatic carbocycles. The van der Waals surface area contributed by atoms with Crippen LogP contribution in [-0.4, -0.2) is 59.7 Å². The summed E-state index contributed by atoms with van der Waals surface area (Å²) >= 11 is 0. The minimum Gasteiger partial charge on any atom is -1.00 e. The van der Waals surface area contributed by atoms with Crippen molar-refractivity contribution in [2.45, 2.75) is 143 Å². The lowest BCUT2D eigenvalue weighted by molar-refractivity contribution is -0.814. The fraction of sp³-hybridized carbons (Fsp3) is 0.966. The SMILES string of the molecule is CCCCCCCCCCCCCCCCCC[N+](C)(C)C(=O)CC[Si](OCC)(OCC)OCC.[Cl-]. The number of rotatable bonds is 26. The second-order valence-corrected chi connectivity index (χ2v) is 13.3. The third-order valence-corrected chi connectivity index (χ3v) is 10.0. The summed E-state index contributed by atoms with van der Waals surface area (Å²) in [5.74, 6) is 0.252. The van der Waals surface area contributed by atoms with Gasteiger partial charge in [0, 0.05) is 25.9 Å². The zero-order valence-corrected chi connectivity index (χ0v) is 26.8. The summed E-state index contributed by atoms with van der Waals surface area (Å²) in [4.78, 5) is 12.9. The monoisotopic (exact) mass is 551 g/mol. The summed E-state index contributed by atoms with van der Waals surface area (Å²) in [6.07, 6.45) is 22.4. The second-order valence-electron chi connectivity index (χ2n) is 10.6. The van der Waals surface area contributed by atoms with E-state index >= 15 is 0 Å². The van der Waals surface area contributed by atoms with Gasteiger partial charge in [-0.05, 0) is 33.6 Å². The van der Waals surface area contributed by atoms with Crippen molar-refractivity contribution in [3.8, 4) is 0 Å². The van der Waals surface area contributed by atoms with Crippen LogP contribution in [0.4, 0.5) is 0 Å². The Bertz CT molecular complexity index is 477. The normalized spacial score (nSPS) is 12.1. The molecule has 0 aromatic heterocycles. The largest absolute Gasteiger partial charge is 1.00 e. The zero-order chi connectivity index (χ0) is 26.3. The lowest BCUT2D eigenvalue weighted by Gasteiger charge is -2.30. The van der Waals surface area contributed by atoms with E-state index in [0.717, 1.165) is 13.0 Å². The van der Waals surface area contributed by atoms with Crippen molar-refractivity contribution in [2.24, 2.45) is 0 Å². The topological polar surface area (TPSA) is 44.8 Å². The molecule has 0 heterocycles. The molecular formula is C29H62ClNO4Si. The van der Waals surface area contributed by atoms with E-state index in [2.05, 4.69) is 6.92 Å².